The van der Waals surface area contributed by atoms with Crippen molar-refractivity contribution >= 4 is 70.2 Å². The van der Waals surface area contributed by atoms with Gasteiger partial charge >= 0.3 is 13.4 Å². The number of rotatable bonds is 4. The van der Waals surface area contributed by atoms with E-state index < -0.39 is 21.9 Å². The van der Waals surface area contributed by atoms with Gasteiger partial charge in [0.05, 0.1) is 25.4 Å². The maximum Gasteiger partial charge on any atom is 0.379 e. The number of amides is 2. The first-order valence-corrected chi connectivity index (χ1v) is 11.8. The molecule has 2 heterocycles. The highest BCUT2D eigenvalue weighted by atomic mass is 35.5. The van der Waals surface area contributed by atoms with Crippen molar-refractivity contribution in [2.75, 3.05) is 0 Å². The van der Waals surface area contributed by atoms with E-state index in [2.05, 4.69) is 24.0 Å². The summed E-state index contributed by atoms with van der Waals surface area (Å²) in [5.41, 5.74) is 0. The summed E-state index contributed by atoms with van der Waals surface area (Å²) in [6, 6.07) is 0. The van der Waals surface area contributed by atoms with Crippen LogP contribution in [0.5, 0.6) is 0 Å². The second kappa shape index (κ2) is 16.0. The van der Waals surface area contributed by atoms with E-state index in [4.69, 9.17) is 46.4 Å². The molecule has 0 aromatic carbocycles. The monoisotopic (exact) mass is 598 g/mol. The summed E-state index contributed by atoms with van der Waals surface area (Å²) in [6.45, 7) is -4.15. The van der Waals surface area contributed by atoms with E-state index >= 15 is 0 Å². The molecule has 2 unspecified atom stereocenters. The third-order valence-electron chi connectivity index (χ3n) is 4.12. The van der Waals surface area contributed by atoms with E-state index in [1.807, 2.05) is 30.0 Å². The van der Waals surface area contributed by atoms with Gasteiger partial charge in [-0.2, -0.15) is 26.3 Å². The lowest BCUT2D eigenvalue weighted by atomic mass is 9.85. The summed E-state index contributed by atoms with van der Waals surface area (Å²) in [6.07, 6.45) is 11.1. The fraction of sp³-hybridized carbons (Fsp3) is 0.611. The molecule has 34 heavy (non-hydrogen) atoms. The van der Waals surface area contributed by atoms with E-state index in [0.717, 1.165) is 10.8 Å². The molecule has 0 N–H and O–H groups in total. The Morgan fingerprint density at radius 3 is 1.71 bits per heavy atom. The number of imide groups is 1. The second-order valence-electron chi connectivity index (χ2n) is 6.48. The maximum absolute atomic E-state index is 12.1. The van der Waals surface area contributed by atoms with Crippen molar-refractivity contribution in [1.82, 2.24) is 8.87 Å². The smallest absolute Gasteiger partial charge is 0.273 e. The zero-order chi connectivity index (χ0) is 26.6. The number of alkyl halides is 10. The van der Waals surface area contributed by atoms with E-state index in [0.29, 0.717) is 24.8 Å². The van der Waals surface area contributed by atoms with Crippen molar-refractivity contribution in [2.24, 2.45) is 18.9 Å². The molecule has 2 aliphatic rings. The summed E-state index contributed by atoms with van der Waals surface area (Å²) in [7, 11) is 2.02. The first-order chi connectivity index (χ1) is 15.6. The Balaban J connectivity index is 0.000000559. The van der Waals surface area contributed by atoms with Crippen molar-refractivity contribution in [1.29, 1.82) is 0 Å². The van der Waals surface area contributed by atoms with Crippen molar-refractivity contribution in [2.45, 2.75) is 48.2 Å². The first kappa shape index (κ1) is 33.2. The van der Waals surface area contributed by atoms with Crippen molar-refractivity contribution < 1.29 is 40.5 Å². The number of carbonyl (C=O) groups is 2. The molecule has 196 valence electrons. The highest BCUT2D eigenvalue weighted by molar-refractivity contribution is 8.02. The van der Waals surface area contributed by atoms with E-state index in [-0.39, 0.29) is 23.7 Å². The molecule has 5 nitrogen and oxygen atoms in total. The predicted octanol–water partition coefficient (Wildman–Crippen LogP) is 6.21. The molecule has 0 radical (unpaired) electrons. The van der Waals surface area contributed by atoms with Gasteiger partial charge < -0.3 is 0 Å². The Morgan fingerprint density at radius 1 is 1.03 bits per heavy atom. The van der Waals surface area contributed by atoms with Gasteiger partial charge in [-0.1, -0.05) is 35.4 Å². The number of fused-ring (bicyclic) bond motifs is 1. The standard InChI is InChI=1S/C10H9Cl4NO2S.C6H11N2.2CHF3/c11-9(12)10(13,14)18-15-7(16)5-3-1-2-4-6(5)8(15)17;1-3-8-5-4-7(2)6-8;2*2-1(3)4/h1-2,5-6,9H,3-4H2;4-6H,3H2,1-2H3;2*1H/q;+1;;. The molecule has 2 amide bonds. The summed E-state index contributed by atoms with van der Waals surface area (Å²) in [4.78, 5) is 23.1. The number of hydrogen-bond donors (Lipinski definition) is 0. The van der Waals surface area contributed by atoms with Crippen LogP contribution in [0.2, 0.25) is 0 Å². The quantitative estimate of drug-likeness (QED) is 0.103. The predicted molar refractivity (Wildman–Crippen MR) is 120 cm³/mol. The topological polar surface area (TPSA) is 46.2 Å². The van der Waals surface area contributed by atoms with Crippen LogP contribution in [0.3, 0.4) is 0 Å². The maximum atomic E-state index is 12.1. The highest BCUT2D eigenvalue weighted by Crippen LogP contribution is 2.48. The van der Waals surface area contributed by atoms with Gasteiger partial charge in [0.15, 0.2) is 4.84 Å². The molecule has 1 aromatic rings. The fourth-order valence-electron chi connectivity index (χ4n) is 2.71. The molecule has 1 aromatic heterocycles. The molecule has 0 bridgehead atoms. The minimum absolute atomic E-state index is 0.279. The van der Waals surface area contributed by atoms with Crippen LogP contribution in [0.25, 0.3) is 0 Å². The molecule has 0 saturated carbocycles. The SMILES string of the molecule is CCn1cc[n+](C)c1.FC(F)F.FC(F)F.O=C1C2CC=CCC2C(=O)N1SC(Cl)(Cl)C(Cl)Cl. The van der Waals surface area contributed by atoms with Crippen LogP contribution in [-0.4, -0.2) is 42.5 Å². The van der Waals surface area contributed by atoms with Gasteiger partial charge in [-0.3, -0.25) is 9.59 Å². The molecule has 0 spiro atoms. The number of allylic oxidation sites excluding steroid dienone is 2. The summed E-state index contributed by atoms with van der Waals surface area (Å²) in [5, 5.41) is 0. The first-order valence-electron chi connectivity index (χ1n) is 9.37. The van der Waals surface area contributed by atoms with Crippen molar-refractivity contribution in [3.05, 3.63) is 30.9 Å². The Morgan fingerprint density at radius 2 is 1.44 bits per heavy atom. The second-order valence-corrected chi connectivity index (χ2v) is 10.6. The fourth-order valence-corrected chi connectivity index (χ4v) is 4.14. The summed E-state index contributed by atoms with van der Waals surface area (Å²) in [5.74, 6) is -1.19. The minimum atomic E-state index is -3.67. The van der Waals surface area contributed by atoms with Crippen LogP contribution in [0.1, 0.15) is 19.8 Å². The van der Waals surface area contributed by atoms with Gasteiger partial charge in [0.25, 0.3) is 0 Å². The van der Waals surface area contributed by atoms with Gasteiger partial charge in [0.1, 0.15) is 12.4 Å². The van der Waals surface area contributed by atoms with Crippen LogP contribution in [0.15, 0.2) is 30.9 Å². The third-order valence-corrected chi connectivity index (χ3v) is 7.36. The number of nitrogens with zero attached hydrogens (tertiary/aromatic N) is 3. The lowest BCUT2D eigenvalue weighted by Gasteiger charge is -2.24. The van der Waals surface area contributed by atoms with Gasteiger partial charge in [-0.25, -0.2) is 13.4 Å². The van der Waals surface area contributed by atoms with Crippen LogP contribution in [0, 0.1) is 11.8 Å². The van der Waals surface area contributed by atoms with Crippen LogP contribution < -0.4 is 4.57 Å². The molecule has 16 heteroatoms. The van der Waals surface area contributed by atoms with E-state index in [9.17, 15) is 35.9 Å². The van der Waals surface area contributed by atoms with Crippen molar-refractivity contribution in [3.8, 4) is 0 Å². The van der Waals surface area contributed by atoms with Gasteiger partial charge in [0, 0.05) is 11.9 Å². The summed E-state index contributed by atoms with van der Waals surface area (Å²) < 4.78 is 61.5. The van der Waals surface area contributed by atoms with Crippen LogP contribution in [-0.2, 0) is 23.2 Å². The lowest BCUT2D eigenvalue weighted by molar-refractivity contribution is -0.671. The Bertz CT molecular complexity index is 764. The number of aromatic nitrogens is 2. The number of hydrogen-bond acceptors (Lipinski definition) is 3. The summed E-state index contributed by atoms with van der Waals surface area (Å²) >= 11 is 23.7. The largest absolute Gasteiger partial charge is 0.379 e. The number of aryl methyl sites for hydroxylation is 2. The number of halogens is 10. The van der Waals surface area contributed by atoms with Crippen LogP contribution >= 0.6 is 58.4 Å². The zero-order valence-corrected chi connectivity index (χ0v) is 21.6. The lowest BCUT2D eigenvalue weighted by Crippen LogP contribution is -2.31. The Hall–Kier alpha value is -0.820. The minimum Gasteiger partial charge on any atom is -0.273 e. The van der Waals surface area contributed by atoms with E-state index in [1.165, 1.54) is 0 Å². The zero-order valence-electron chi connectivity index (χ0n) is 17.7. The Labute approximate surface area is 217 Å². The molecular formula is C18H22Cl4F6N3O2S+. The normalized spacial score (nSPS) is 19.3. The molecule has 1 aliphatic heterocycles. The molecule has 1 saturated heterocycles. The molecular weight excluding hydrogens is 578 g/mol. The van der Waals surface area contributed by atoms with Gasteiger partial charge in [-0.05, 0) is 19.8 Å². The molecule has 1 aliphatic carbocycles. The molecule has 1 fully saturated rings. The number of carbonyl (C=O) groups excluding carboxylic acids is 2. The highest BCUT2D eigenvalue weighted by Gasteiger charge is 2.51. The average Bonchev–Trinajstić information content (AvgIpc) is 3.24. The average molecular weight is 600 g/mol. The van der Waals surface area contributed by atoms with E-state index in [1.54, 1.807) is 0 Å². The van der Waals surface area contributed by atoms with Crippen molar-refractivity contribution in [3.63, 3.8) is 0 Å². The Kier molecular flexibility index (Phi) is 15.6. The van der Waals surface area contributed by atoms with Crippen LogP contribution in [0.4, 0.5) is 26.3 Å². The third kappa shape index (κ3) is 12.2. The number of imidazole rings is 1. The molecule has 2 atom stereocenters. The molecule has 3 rings (SSSR count). The van der Waals surface area contributed by atoms with Gasteiger partial charge in [-0.15, -0.1) is 23.2 Å². The van der Waals surface area contributed by atoms with Gasteiger partial charge in [0.2, 0.25) is 21.8 Å².